The molecule has 2 N–H and O–H groups in total. The molecule has 0 radical (unpaired) electrons. The highest BCUT2D eigenvalue weighted by molar-refractivity contribution is 6.30. The lowest BCUT2D eigenvalue weighted by atomic mass is 10.1. The third kappa shape index (κ3) is 4.08. The fourth-order valence-corrected chi connectivity index (χ4v) is 3.09. The molecule has 6 heteroatoms. The topological polar surface area (TPSA) is 78.0 Å². The van der Waals surface area contributed by atoms with Gasteiger partial charge in [0.15, 0.2) is 0 Å². The molecule has 0 aliphatic rings. The van der Waals surface area contributed by atoms with Gasteiger partial charge in [-0.1, -0.05) is 11.6 Å². The minimum atomic E-state index is -0.487. The maximum Gasteiger partial charge on any atom is 0.266 e. The van der Waals surface area contributed by atoms with Crippen molar-refractivity contribution in [1.29, 1.82) is 5.26 Å². The van der Waals surface area contributed by atoms with Crippen molar-refractivity contribution in [1.82, 2.24) is 4.57 Å². The number of hydrogen-bond donors (Lipinski definition) is 2. The second-order valence-corrected chi connectivity index (χ2v) is 6.75. The number of nitriles is 1. The SMILES string of the molecule is Cc1cc(/C=C(/C#N)C(=O)Nc2ccc(Cl)cc2)c(C)n1-c1ccc(O)cc1. The van der Waals surface area contributed by atoms with Gasteiger partial charge in [-0.25, -0.2) is 0 Å². The molecular formula is C22H18ClN3O2. The zero-order chi connectivity index (χ0) is 20.3. The van der Waals surface area contributed by atoms with Crippen molar-refractivity contribution in [3.05, 3.63) is 82.1 Å². The Morgan fingerprint density at radius 2 is 1.79 bits per heavy atom. The summed E-state index contributed by atoms with van der Waals surface area (Å²) in [4.78, 5) is 12.5. The molecule has 1 heterocycles. The number of phenolic OH excluding ortho intramolecular Hbond substituents is 1. The lowest BCUT2D eigenvalue weighted by molar-refractivity contribution is -0.112. The van der Waals surface area contributed by atoms with Crippen molar-refractivity contribution in [3.8, 4) is 17.5 Å². The summed E-state index contributed by atoms with van der Waals surface area (Å²) in [5.41, 5.74) is 4.05. The first-order valence-corrected chi connectivity index (χ1v) is 8.94. The van der Waals surface area contributed by atoms with Crippen LogP contribution in [0.3, 0.4) is 0 Å². The minimum absolute atomic E-state index is 0.000839. The predicted octanol–water partition coefficient (Wildman–Crippen LogP) is 5.00. The van der Waals surface area contributed by atoms with Crippen LogP contribution in [0.25, 0.3) is 11.8 Å². The molecule has 1 aromatic heterocycles. The summed E-state index contributed by atoms with van der Waals surface area (Å²) < 4.78 is 2.00. The quantitative estimate of drug-likeness (QED) is 0.485. The number of aromatic hydroxyl groups is 1. The van der Waals surface area contributed by atoms with Gasteiger partial charge in [-0.3, -0.25) is 4.79 Å². The maximum atomic E-state index is 12.5. The van der Waals surface area contributed by atoms with Crippen LogP contribution in [0.5, 0.6) is 5.75 Å². The van der Waals surface area contributed by atoms with Crippen LogP contribution in [-0.4, -0.2) is 15.6 Å². The number of nitrogens with zero attached hydrogens (tertiary/aromatic N) is 2. The highest BCUT2D eigenvalue weighted by Crippen LogP contribution is 2.24. The number of amides is 1. The number of benzene rings is 2. The molecule has 0 bridgehead atoms. The number of rotatable bonds is 4. The van der Waals surface area contributed by atoms with Gasteiger partial charge in [0.2, 0.25) is 0 Å². The number of hydrogen-bond acceptors (Lipinski definition) is 3. The van der Waals surface area contributed by atoms with Crippen molar-refractivity contribution < 1.29 is 9.90 Å². The summed E-state index contributed by atoms with van der Waals surface area (Å²) in [5.74, 6) is -0.295. The van der Waals surface area contributed by atoms with Gasteiger partial charge in [0, 0.05) is 27.8 Å². The first-order valence-electron chi connectivity index (χ1n) is 8.56. The summed E-state index contributed by atoms with van der Waals surface area (Å²) in [5, 5.41) is 22.2. The smallest absolute Gasteiger partial charge is 0.266 e. The Kier molecular flexibility index (Phi) is 5.53. The lowest BCUT2D eigenvalue weighted by Gasteiger charge is -2.09. The summed E-state index contributed by atoms with van der Waals surface area (Å²) >= 11 is 5.85. The van der Waals surface area contributed by atoms with Gasteiger partial charge in [-0.2, -0.15) is 5.26 Å². The van der Waals surface area contributed by atoms with Gasteiger partial charge < -0.3 is 15.0 Å². The second kappa shape index (κ2) is 8.03. The van der Waals surface area contributed by atoms with Crippen LogP contribution in [0.15, 0.2) is 60.2 Å². The Hall–Kier alpha value is -3.49. The van der Waals surface area contributed by atoms with Crippen molar-refractivity contribution in [2.75, 3.05) is 5.32 Å². The van der Waals surface area contributed by atoms with E-state index in [9.17, 15) is 15.2 Å². The fraction of sp³-hybridized carbons (Fsp3) is 0.0909. The predicted molar refractivity (Wildman–Crippen MR) is 111 cm³/mol. The molecule has 140 valence electrons. The average Bonchev–Trinajstić information content (AvgIpc) is 2.95. The van der Waals surface area contributed by atoms with Gasteiger partial charge in [0.1, 0.15) is 17.4 Å². The van der Waals surface area contributed by atoms with E-state index in [1.807, 2.05) is 30.6 Å². The van der Waals surface area contributed by atoms with Crippen LogP contribution < -0.4 is 5.32 Å². The van der Waals surface area contributed by atoms with Gasteiger partial charge in [0.25, 0.3) is 5.91 Å². The molecule has 0 spiro atoms. The highest BCUT2D eigenvalue weighted by atomic mass is 35.5. The van der Waals surface area contributed by atoms with Crippen LogP contribution in [0, 0.1) is 25.2 Å². The molecule has 28 heavy (non-hydrogen) atoms. The summed E-state index contributed by atoms with van der Waals surface area (Å²) in [6.07, 6.45) is 1.57. The average molecular weight is 392 g/mol. The first kappa shape index (κ1) is 19.3. The van der Waals surface area contributed by atoms with Crippen molar-refractivity contribution >= 4 is 29.3 Å². The Labute approximate surface area is 168 Å². The van der Waals surface area contributed by atoms with Gasteiger partial charge in [-0.05, 0) is 80.1 Å². The van der Waals surface area contributed by atoms with E-state index < -0.39 is 5.91 Å². The van der Waals surface area contributed by atoms with Crippen LogP contribution in [-0.2, 0) is 4.79 Å². The van der Waals surface area contributed by atoms with Crippen LogP contribution in [0.1, 0.15) is 17.0 Å². The minimum Gasteiger partial charge on any atom is -0.508 e. The van der Waals surface area contributed by atoms with Crippen molar-refractivity contribution in [2.45, 2.75) is 13.8 Å². The van der Waals surface area contributed by atoms with Crippen LogP contribution >= 0.6 is 11.6 Å². The molecule has 2 aromatic carbocycles. The largest absolute Gasteiger partial charge is 0.508 e. The van der Waals surface area contributed by atoms with Crippen molar-refractivity contribution in [2.24, 2.45) is 0 Å². The Morgan fingerprint density at radius 1 is 1.14 bits per heavy atom. The third-order valence-corrected chi connectivity index (χ3v) is 4.60. The molecule has 1 amide bonds. The fourth-order valence-electron chi connectivity index (χ4n) is 2.97. The molecule has 5 nitrogen and oxygen atoms in total. The molecule has 0 saturated heterocycles. The number of anilines is 1. The van der Waals surface area contributed by atoms with Crippen molar-refractivity contribution in [3.63, 3.8) is 0 Å². The summed E-state index contributed by atoms with van der Waals surface area (Å²) in [6, 6.07) is 17.4. The van der Waals surface area contributed by atoms with Gasteiger partial charge in [0.05, 0.1) is 0 Å². The number of carbonyl (C=O) groups excluding carboxylic acids is 1. The Balaban J connectivity index is 1.91. The van der Waals surface area contributed by atoms with Crippen LogP contribution in [0.2, 0.25) is 5.02 Å². The van der Waals surface area contributed by atoms with E-state index in [0.717, 1.165) is 22.6 Å². The monoisotopic (exact) mass is 391 g/mol. The molecule has 0 aliphatic heterocycles. The normalized spacial score (nSPS) is 11.1. The first-order chi connectivity index (χ1) is 13.4. The van der Waals surface area contributed by atoms with Gasteiger partial charge >= 0.3 is 0 Å². The third-order valence-electron chi connectivity index (χ3n) is 4.35. The van der Waals surface area contributed by atoms with E-state index in [0.29, 0.717) is 10.7 Å². The van der Waals surface area contributed by atoms with E-state index >= 15 is 0 Å². The molecule has 0 saturated carbocycles. The number of phenols is 1. The maximum absolute atomic E-state index is 12.5. The zero-order valence-electron chi connectivity index (χ0n) is 15.4. The zero-order valence-corrected chi connectivity index (χ0v) is 16.2. The second-order valence-electron chi connectivity index (χ2n) is 6.31. The number of carbonyl (C=O) groups is 1. The highest BCUT2D eigenvalue weighted by Gasteiger charge is 2.14. The number of halogens is 1. The van der Waals surface area contributed by atoms with E-state index in [1.54, 1.807) is 54.6 Å². The van der Waals surface area contributed by atoms with E-state index in [1.165, 1.54) is 0 Å². The molecule has 0 fully saturated rings. The van der Waals surface area contributed by atoms with Crippen LogP contribution in [0.4, 0.5) is 5.69 Å². The summed E-state index contributed by atoms with van der Waals surface area (Å²) in [7, 11) is 0. The molecular weight excluding hydrogens is 374 g/mol. The molecule has 0 unspecified atom stereocenters. The van der Waals surface area contributed by atoms with E-state index in [4.69, 9.17) is 11.6 Å². The standard InChI is InChI=1S/C22H18ClN3O2/c1-14-11-16(15(2)26(14)20-7-9-21(27)10-8-20)12-17(13-24)22(28)25-19-5-3-18(23)4-6-19/h3-12,27H,1-2H3,(H,25,28)/b17-12-. The molecule has 0 atom stereocenters. The van der Waals surface area contributed by atoms with E-state index in [-0.39, 0.29) is 11.3 Å². The number of aryl methyl sites for hydroxylation is 1. The molecule has 3 aromatic rings. The molecule has 0 aliphatic carbocycles. The Morgan fingerprint density at radius 3 is 2.39 bits per heavy atom. The number of aromatic nitrogens is 1. The van der Waals surface area contributed by atoms with Gasteiger partial charge in [-0.15, -0.1) is 0 Å². The number of nitrogens with one attached hydrogen (secondary N) is 1. The molecule has 3 rings (SSSR count). The summed E-state index contributed by atoms with van der Waals surface area (Å²) in [6.45, 7) is 3.86. The van der Waals surface area contributed by atoms with E-state index in [2.05, 4.69) is 5.32 Å². The lowest BCUT2D eigenvalue weighted by Crippen LogP contribution is -2.13. The Bertz CT molecular complexity index is 1090.